The lowest BCUT2D eigenvalue weighted by atomic mass is 10.0. The molecule has 144 valence electrons. The monoisotopic (exact) mass is 371 g/mol. The zero-order chi connectivity index (χ0) is 20.0. The highest BCUT2D eigenvalue weighted by molar-refractivity contribution is 6.11. The second kappa shape index (κ2) is 8.98. The molecule has 0 amide bonds. The highest BCUT2D eigenvalue weighted by atomic mass is 16.5. The van der Waals surface area contributed by atoms with Crippen molar-refractivity contribution in [2.24, 2.45) is 0 Å². The van der Waals surface area contributed by atoms with Crippen molar-refractivity contribution in [2.45, 2.75) is 13.8 Å². The van der Waals surface area contributed by atoms with Crippen LogP contribution < -0.4 is 24.7 Å². The van der Waals surface area contributed by atoms with Gasteiger partial charge < -0.3 is 24.7 Å². The van der Waals surface area contributed by atoms with E-state index < -0.39 is 0 Å². The molecular formula is C21H25NO5. The van der Waals surface area contributed by atoms with E-state index in [0.717, 1.165) is 0 Å². The molecule has 2 aromatic rings. The zero-order valence-corrected chi connectivity index (χ0v) is 16.3. The van der Waals surface area contributed by atoms with Crippen molar-refractivity contribution in [1.29, 1.82) is 0 Å². The van der Waals surface area contributed by atoms with Crippen molar-refractivity contribution in [3.8, 4) is 23.0 Å². The van der Waals surface area contributed by atoms with E-state index in [2.05, 4.69) is 0 Å². The second-order valence-electron chi connectivity index (χ2n) is 5.77. The summed E-state index contributed by atoms with van der Waals surface area (Å²) in [4.78, 5) is 12.8. The van der Waals surface area contributed by atoms with Gasteiger partial charge in [0.1, 0.15) is 5.75 Å². The van der Waals surface area contributed by atoms with Gasteiger partial charge in [-0.3, -0.25) is 4.79 Å². The molecule has 2 N–H and O–H groups in total. The highest BCUT2D eigenvalue weighted by Crippen LogP contribution is 2.40. The Morgan fingerprint density at radius 2 is 1.70 bits per heavy atom. The van der Waals surface area contributed by atoms with Gasteiger partial charge in [0.05, 0.1) is 33.6 Å². The first-order valence-electron chi connectivity index (χ1n) is 8.51. The topological polar surface area (TPSA) is 80.0 Å². The Labute approximate surface area is 159 Å². The number of rotatable bonds is 8. The Morgan fingerprint density at radius 3 is 2.30 bits per heavy atom. The average molecular weight is 371 g/mol. The number of allylic oxidation sites excluding steroid dienone is 1. The first kappa shape index (κ1) is 20.2. The van der Waals surface area contributed by atoms with Crippen molar-refractivity contribution >= 4 is 17.5 Å². The van der Waals surface area contributed by atoms with Crippen molar-refractivity contribution in [1.82, 2.24) is 0 Å². The number of Topliss-reactive ketones (excluding diaryl/α,β-unsaturated/α-hetero) is 1. The van der Waals surface area contributed by atoms with E-state index in [9.17, 15) is 4.79 Å². The molecule has 0 bridgehead atoms. The summed E-state index contributed by atoms with van der Waals surface area (Å²) in [7, 11) is 4.63. The third kappa shape index (κ3) is 4.34. The number of benzene rings is 2. The van der Waals surface area contributed by atoms with Gasteiger partial charge in [0.25, 0.3) is 0 Å². The lowest BCUT2D eigenvalue weighted by Gasteiger charge is -2.14. The minimum atomic E-state index is -0.132. The van der Waals surface area contributed by atoms with Crippen LogP contribution in [0.1, 0.15) is 29.8 Å². The molecule has 0 saturated heterocycles. The van der Waals surface area contributed by atoms with Gasteiger partial charge in [-0.25, -0.2) is 0 Å². The largest absolute Gasteiger partial charge is 0.493 e. The summed E-state index contributed by atoms with van der Waals surface area (Å²) >= 11 is 0. The molecule has 0 aliphatic heterocycles. The fraction of sp³-hybridized carbons (Fsp3) is 0.286. The number of anilines is 1. The first-order valence-corrected chi connectivity index (χ1v) is 8.51. The van der Waals surface area contributed by atoms with Gasteiger partial charge >= 0.3 is 0 Å². The van der Waals surface area contributed by atoms with Crippen LogP contribution in [0, 0.1) is 0 Å². The van der Waals surface area contributed by atoms with Crippen LogP contribution in [0.3, 0.4) is 0 Å². The fourth-order valence-corrected chi connectivity index (χ4v) is 2.72. The van der Waals surface area contributed by atoms with E-state index in [-0.39, 0.29) is 5.78 Å². The van der Waals surface area contributed by atoms with E-state index in [0.29, 0.717) is 52.0 Å². The smallest absolute Gasteiger partial charge is 0.203 e. The van der Waals surface area contributed by atoms with Crippen LogP contribution in [0.2, 0.25) is 0 Å². The van der Waals surface area contributed by atoms with Gasteiger partial charge in [-0.1, -0.05) is 0 Å². The molecule has 0 aliphatic carbocycles. The maximum atomic E-state index is 12.8. The Hall–Kier alpha value is -3.15. The third-order valence-electron chi connectivity index (χ3n) is 4.04. The molecule has 6 heteroatoms. The molecule has 0 heterocycles. The van der Waals surface area contributed by atoms with Crippen molar-refractivity contribution in [3.05, 3.63) is 47.0 Å². The quantitative estimate of drug-likeness (QED) is 0.429. The second-order valence-corrected chi connectivity index (χ2v) is 5.77. The van der Waals surface area contributed by atoms with E-state index >= 15 is 0 Å². The van der Waals surface area contributed by atoms with Crippen LogP contribution in [0.25, 0.3) is 6.08 Å². The third-order valence-corrected chi connectivity index (χ3v) is 4.04. The van der Waals surface area contributed by atoms with Gasteiger partial charge in [0.2, 0.25) is 5.75 Å². The number of nitrogen functional groups attached to an aromatic ring is 1. The molecule has 0 spiro atoms. The number of hydrogen-bond donors (Lipinski definition) is 1. The summed E-state index contributed by atoms with van der Waals surface area (Å²) in [5.41, 5.74) is 8.12. The van der Waals surface area contributed by atoms with Crippen molar-refractivity contribution in [3.63, 3.8) is 0 Å². The van der Waals surface area contributed by atoms with Gasteiger partial charge in [-0.15, -0.1) is 0 Å². The molecule has 2 rings (SSSR count). The molecule has 6 nitrogen and oxygen atoms in total. The van der Waals surface area contributed by atoms with E-state index in [4.69, 9.17) is 24.7 Å². The van der Waals surface area contributed by atoms with Crippen LogP contribution in [0.4, 0.5) is 5.69 Å². The van der Waals surface area contributed by atoms with Crippen molar-refractivity contribution in [2.75, 3.05) is 33.7 Å². The molecule has 0 unspecified atom stereocenters. The summed E-state index contributed by atoms with van der Waals surface area (Å²) in [6.07, 6.45) is 1.75. The Bertz CT molecular complexity index is 858. The Balaban J connectivity index is 2.42. The number of nitrogens with two attached hydrogens (primary N) is 1. The summed E-state index contributed by atoms with van der Waals surface area (Å²) in [6, 6.07) is 8.59. The fourth-order valence-electron chi connectivity index (χ4n) is 2.72. The average Bonchev–Trinajstić information content (AvgIpc) is 2.68. The van der Waals surface area contributed by atoms with Crippen molar-refractivity contribution < 1.29 is 23.7 Å². The maximum absolute atomic E-state index is 12.8. The summed E-state index contributed by atoms with van der Waals surface area (Å²) < 4.78 is 21.6. The van der Waals surface area contributed by atoms with E-state index in [1.54, 1.807) is 51.5 Å². The Kier molecular flexibility index (Phi) is 6.71. The van der Waals surface area contributed by atoms with Crippen LogP contribution >= 0.6 is 0 Å². The molecule has 0 fully saturated rings. The van der Waals surface area contributed by atoms with Crippen LogP contribution in [-0.2, 0) is 0 Å². The van der Waals surface area contributed by atoms with Crippen LogP contribution in [0.15, 0.2) is 35.9 Å². The van der Waals surface area contributed by atoms with Gasteiger partial charge in [0.15, 0.2) is 17.3 Å². The van der Waals surface area contributed by atoms with E-state index in [1.807, 2.05) is 13.0 Å². The number of carbonyl (C=O) groups is 1. The zero-order valence-electron chi connectivity index (χ0n) is 16.3. The molecular weight excluding hydrogens is 346 g/mol. The number of carbonyl (C=O) groups excluding carboxylic acids is 1. The normalized spacial score (nSPS) is 11.1. The van der Waals surface area contributed by atoms with Gasteiger partial charge in [-0.2, -0.15) is 0 Å². The molecule has 2 aromatic carbocycles. The highest BCUT2D eigenvalue weighted by Gasteiger charge is 2.17. The minimum absolute atomic E-state index is 0.132. The first-order chi connectivity index (χ1) is 13.0. The summed E-state index contributed by atoms with van der Waals surface area (Å²) in [5, 5.41) is 0. The SMILES string of the molecule is CCOc1cc(C(=O)C(C)=Cc2ccc(OC)c(OC)c2OC)ccc1N. The minimum Gasteiger partial charge on any atom is -0.493 e. The number of ketones is 1. The number of hydrogen-bond acceptors (Lipinski definition) is 6. The molecule has 0 aromatic heterocycles. The molecule has 0 saturated carbocycles. The number of ether oxygens (including phenoxy) is 4. The van der Waals surface area contributed by atoms with Gasteiger partial charge in [0, 0.05) is 11.1 Å². The Morgan fingerprint density at radius 1 is 1.00 bits per heavy atom. The van der Waals surface area contributed by atoms with Crippen LogP contribution in [-0.4, -0.2) is 33.7 Å². The van der Waals surface area contributed by atoms with Crippen LogP contribution in [0.5, 0.6) is 23.0 Å². The standard InChI is InChI=1S/C21H25NO5/c1-6-27-18-12-14(7-9-16(18)22)19(23)13(2)11-15-8-10-17(24-3)21(26-5)20(15)25-4/h7-12H,6,22H2,1-5H3. The van der Waals surface area contributed by atoms with Gasteiger partial charge in [-0.05, 0) is 55.8 Å². The summed E-state index contributed by atoms with van der Waals surface area (Å²) in [5.74, 6) is 1.89. The summed E-state index contributed by atoms with van der Waals surface area (Å²) in [6.45, 7) is 4.08. The lowest BCUT2D eigenvalue weighted by Crippen LogP contribution is -2.04. The van der Waals surface area contributed by atoms with E-state index in [1.165, 1.54) is 7.11 Å². The molecule has 0 radical (unpaired) electrons. The maximum Gasteiger partial charge on any atom is 0.203 e. The number of methoxy groups -OCH3 is 3. The molecule has 0 aliphatic rings. The predicted molar refractivity (Wildman–Crippen MR) is 106 cm³/mol. The predicted octanol–water partition coefficient (Wildman–Crippen LogP) is 3.98. The molecule has 27 heavy (non-hydrogen) atoms. The molecule has 0 atom stereocenters. The lowest BCUT2D eigenvalue weighted by molar-refractivity contribution is 0.103.